The summed E-state index contributed by atoms with van der Waals surface area (Å²) in [6.07, 6.45) is 1.93. The molecule has 0 saturated carbocycles. The molecule has 0 atom stereocenters. The minimum atomic E-state index is -3.33. The third kappa shape index (κ3) is 3.05. The Kier molecular flexibility index (Phi) is 4.83. The molecule has 4 nitrogen and oxygen atoms in total. The third-order valence-electron chi connectivity index (χ3n) is 3.88. The Labute approximate surface area is 122 Å². The highest BCUT2D eigenvalue weighted by molar-refractivity contribution is 7.89. The maximum atomic E-state index is 12.7. The minimum Gasteiger partial charge on any atom is -0.313 e. The second kappa shape index (κ2) is 6.24. The highest BCUT2D eigenvalue weighted by Gasteiger charge is 2.28. The lowest BCUT2D eigenvalue weighted by molar-refractivity contribution is 0.477. The number of aryl methyl sites for hydroxylation is 2. The van der Waals surface area contributed by atoms with E-state index < -0.39 is 10.0 Å². The van der Waals surface area contributed by atoms with Crippen molar-refractivity contribution in [2.24, 2.45) is 0 Å². The molecule has 0 unspecified atom stereocenters. The molecule has 0 amide bonds. The number of nitrogens with zero attached hydrogens (tertiary/aromatic N) is 1. The molecule has 0 spiro atoms. The average Bonchev–Trinajstić information content (AvgIpc) is 2.92. The number of rotatable bonds is 5. The first kappa shape index (κ1) is 15.5. The van der Waals surface area contributed by atoms with Gasteiger partial charge in [0.1, 0.15) is 0 Å². The van der Waals surface area contributed by atoms with Crippen LogP contribution in [0.5, 0.6) is 0 Å². The van der Waals surface area contributed by atoms with Gasteiger partial charge in [-0.1, -0.05) is 13.0 Å². The van der Waals surface area contributed by atoms with Gasteiger partial charge in [0.25, 0.3) is 0 Å². The van der Waals surface area contributed by atoms with Crippen molar-refractivity contribution in [2.75, 3.05) is 19.6 Å². The molecular weight excluding hydrogens is 272 g/mol. The third-order valence-corrected chi connectivity index (χ3v) is 5.92. The summed E-state index contributed by atoms with van der Waals surface area (Å²) in [5.41, 5.74) is 3.05. The average molecular weight is 296 g/mol. The van der Waals surface area contributed by atoms with Crippen LogP contribution in [0.3, 0.4) is 0 Å². The van der Waals surface area contributed by atoms with E-state index in [2.05, 4.69) is 5.32 Å². The van der Waals surface area contributed by atoms with Gasteiger partial charge in [0, 0.05) is 19.6 Å². The molecule has 0 bridgehead atoms. The summed E-state index contributed by atoms with van der Waals surface area (Å²) in [5, 5.41) is 3.26. The van der Waals surface area contributed by atoms with Gasteiger partial charge in [-0.2, -0.15) is 4.31 Å². The Balaban J connectivity index is 2.39. The quantitative estimate of drug-likeness (QED) is 0.906. The summed E-state index contributed by atoms with van der Waals surface area (Å²) in [7, 11) is -3.33. The fourth-order valence-corrected chi connectivity index (χ4v) is 4.44. The molecular formula is C15H24N2O2S. The van der Waals surface area contributed by atoms with Crippen LogP contribution in [0.4, 0.5) is 0 Å². The SMILES string of the molecule is CCNCc1cc(S(=O)(=O)N2CCCC2)c(C)cc1C. The van der Waals surface area contributed by atoms with Crippen LogP contribution in [0.15, 0.2) is 17.0 Å². The van der Waals surface area contributed by atoms with Crippen LogP contribution < -0.4 is 5.32 Å². The first-order chi connectivity index (χ1) is 9.46. The number of hydrogen-bond acceptors (Lipinski definition) is 3. The van der Waals surface area contributed by atoms with E-state index in [0.717, 1.165) is 36.1 Å². The fourth-order valence-electron chi connectivity index (χ4n) is 2.67. The highest BCUT2D eigenvalue weighted by Crippen LogP contribution is 2.26. The van der Waals surface area contributed by atoms with E-state index in [0.29, 0.717) is 24.5 Å². The Morgan fingerprint density at radius 1 is 1.15 bits per heavy atom. The molecule has 0 radical (unpaired) electrons. The zero-order chi connectivity index (χ0) is 14.8. The molecule has 2 rings (SSSR count). The lowest BCUT2D eigenvalue weighted by Crippen LogP contribution is -2.28. The first-order valence-electron chi connectivity index (χ1n) is 7.27. The number of nitrogens with one attached hydrogen (secondary N) is 1. The summed E-state index contributed by atoms with van der Waals surface area (Å²) < 4.78 is 27.0. The monoisotopic (exact) mass is 296 g/mol. The summed E-state index contributed by atoms with van der Waals surface area (Å²) in [6.45, 7) is 8.85. The second-order valence-corrected chi connectivity index (χ2v) is 7.34. The van der Waals surface area contributed by atoms with Crippen LogP contribution in [0.25, 0.3) is 0 Å². The molecule has 1 heterocycles. The molecule has 0 aromatic heterocycles. The zero-order valence-corrected chi connectivity index (χ0v) is 13.4. The summed E-state index contributed by atoms with van der Waals surface area (Å²) in [6, 6.07) is 3.83. The van der Waals surface area contributed by atoms with Crippen molar-refractivity contribution in [3.63, 3.8) is 0 Å². The molecule has 1 aliphatic heterocycles. The van der Waals surface area contributed by atoms with Gasteiger partial charge in [-0.15, -0.1) is 0 Å². The van der Waals surface area contributed by atoms with E-state index in [1.165, 1.54) is 0 Å². The van der Waals surface area contributed by atoms with Gasteiger partial charge in [-0.25, -0.2) is 8.42 Å². The molecule has 20 heavy (non-hydrogen) atoms. The van der Waals surface area contributed by atoms with Crippen LogP contribution in [-0.2, 0) is 16.6 Å². The van der Waals surface area contributed by atoms with Crippen molar-refractivity contribution in [1.29, 1.82) is 0 Å². The lowest BCUT2D eigenvalue weighted by atomic mass is 10.1. The van der Waals surface area contributed by atoms with Gasteiger partial charge in [-0.05, 0) is 56.0 Å². The van der Waals surface area contributed by atoms with Crippen molar-refractivity contribution >= 4 is 10.0 Å². The van der Waals surface area contributed by atoms with Gasteiger partial charge in [0.15, 0.2) is 0 Å². The number of benzene rings is 1. The van der Waals surface area contributed by atoms with E-state index in [1.54, 1.807) is 4.31 Å². The maximum Gasteiger partial charge on any atom is 0.243 e. The number of hydrogen-bond donors (Lipinski definition) is 1. The topological polar surface area (TPSA) is 49.4 Å². The van der Waals surface area contributed by atoms with Gasteiger partial charge in [-0.3, -0.25) is 0 Å². The lowest BCUT2D eigenvalue weighted by Gasteiger charge is -2.19. The van der Waals surface area contributed by atoms with Crippen LogP contribution in [0.2, 0.25) is 0 Å². The van der Waals surface area contributed by atoms with Crippen molar-refractivity contribution in [3.05, 3.63) is 28.8 Å². The van der Waals surface area contributed by atoms with Gasteiger partial charge in [0.05, 0.1) is 4.90 Å². The van der Waals surface area contributed by atoms with Crippen LogP contribution in [0.1, 0.15) is 36.5 Å². The molecule has 1 aromatic rings. The molecule has 1 saturated heterocycles. The van der Waals surface area contributed by atoms with Crippen LogP contribution in [0, 0.1) is 13.8 Å². The second-order valence-electron chi connectivity index (χ2n) is 5.44. The Bertz CT molecular complexity index is 576. The summed E-state index contributed by atoms with van der Waals surface area (Å²) in [5.74, 6) is 0. The normalized spacial score (nSPS) is 16.8. The maximum absolute atomic E-state index is 12.7. The Hall–Kier alpha value is -0.910. The molecule has 112 valence electrons. The van der Waals surface area contributed by atoms with E-state index in [-0.39, 0.29) is 0 Å². The van der Waals surface area contributed by atoms with Gasteiger partial charge >= 0.3 is 0 Å². The van der Waals surface area contributed by atoms with Crippen LogP contribution in [-0.4, -0.2) is 32.4 Å². The van der Waals surface area contributed by atoms with Crippen molar-refractivity contribution < 1.29 is 8.42 Å². The predicted octanol–water partition coefficient (Wildman–Crippen LogP) is 2.20. The molecule has 1 aromatic carbocycles. The standard InChI is InChI=1S/C15H24N2O2S/c1-4-16-11-14-10-15(13(3)9-12(14)2)20(18,19)17-7-5-6-8-17/h9-10,16H,4-8,11H2,1-3H3. The smallest absolute Gasteiger partial charge is 0.243 e. The van der Waals surface area contributed by atoms with Gasteiger partial charge in [0.2, 0.25) is 10.0 Å². The zero-order valence-electron chi connectivity index (χ0n) is 12.6. The van der Waals surface area contributed by atoms with E-state index >= 15 is 0 Å². The van der Waals surface area contributed by atoms with Crippen molar-refractivity contribution in [1.82, 2.24) is 9.62 Å². The molecule has 5 heteroatoms. The van der Waals surface area contributed by atoms with Gasteiger partial charge < -0.3 is 5.32 Å². The largest absolute Gasteiger partial charge is 0.313 e. The number of sulfonamides is 1. The Morgan fingerprint density at radius 2 is 1.80 bits per heavy atom. The van der Waals surface area contributed by atoms with Crippen LogP contribution >= 0.6 is 0 Å². The molecule has 0 aliphatic carbocycles. The van der Waals surface area contributed by atoms with E-state index in [1.807, 2.05) is 32.9 Å². The first-order valence-corrected chi connectivity index (χ1v) is 8.72. The molecule has 1 aliphatic rings. The van der Waals surface area contributed by atoms with E-state index in [4.69, 9.17) is 0 Å². The fraction of sp³-hybridized carbons (Fsp3) is 0.600. The predicted molar refractivity (Wildman–Crippen MR) is 81.3 cm³/mol. The summed E-state index contributed by atoms with van der Waals surface area (Å²) >= 11 is 0. The molecule has 1 fully saturated rings. The highest BCUT2D eigenvalue weighted by atomic mass is 32.2. The van der Waals surface area contributed by atoms with Crippen molar-refractivity contribution in [3.8, 4) is 0 Å². The minimum absolute atomic E-state index is 0.470. The van der Waals surface area contributed by atoms with Crippen molar-refractivity contribution in [2.45, 2.75) is 45.1 Å². The molecule has 1 N–H and O–H groups in total. The summed E-state index contributed by atoms with van der Waals surface area (Å²) in [4.78, 5) is 0.470. The Morgan fingerprint density at radius 3 is 2.40 bits per heavy atom. The van der Waals surface area contributed by atoms with E-state index in [9.17, 15) is 8.42 Å².